The monoisotopic (exact) mass is 302 g/mol. The van der Waals surface area contributed by atoms with Crippen molar-refractivity contribution >= 4 is 5.91 Å². The SMILES string of the molecule is Cc1ccc(CC(=O)N2CCN([C@@H]3CCC[C@@H]3O)CC2)cc1. The predicted molar refractivity (Wildman–Crippen MR) is 86.7 cm³/mol. The van der Waals surface area contributed by atoms with E-state index in [9.17, 15) is 9.90 Å². The van der Waals surface area contributed by atoms with Crippen LogP contribution in [0.1, 0.15) is 30.4 Å². The zero-order valence-corrected chi connectivity index (χ0v) is 13.4. The zero-order chi connectivity index (χ0) is 15.5. The number of carbonyl (C=O) groups excluding carboxylic acids is 1. The third-order valence-electron chi connectivity index (χ3n) is 5.06. The van der Waals surface area contributed by atoms with Crippen molar-refractivity contribution in [1.29, 1.82) is 0 Å². The molecule has 2 atom stereocenters. The van der Waals surface area contributed by atoms with Gasteiger partial charge in [-0.3, -0.25) is 9.69 Å². The first-order valence-corrected chi connectivity index (χ1v) is 8.39. The topological polar surface area (TPSA) is 43.8 Å². The van der Waals surface area contributed by atoms with Crippen molar-refractivity contribution in [1.82, 2.24) is 9.80 Å². The summed E-state index contributed by atoms with van der Waals surface area (Å²) in [5.74, 6) is 0.218. The summed E-state index contributed by atoms with van der Waals surface area (Å²) in [6.45, 7) is 5.41. The number of amides is 1. The van der Waals surface area contributed by atoms with Crippen molar-refractivity contribution in [3.63, 3.8) is 0 Å². The summed E-state index contributed by atoms with van der Waals surface area (Å²) in [7, 11) is 0. The molecule has 1 saturated heterocycles. The highest BCUT2D eigenvalue weighted by Gasteiger charge is 2.33. The summed E-state index contributed by atoms with van der Waals surface area (Å²) >= 11 is 0. The van der Waals surface area contributed by atoms with Crippen molar-refractivity contribution in [2.24, 2.45) is 0 Å². The lowest BCUT2D eigenvalue weighted by atomic mass is 10.1. The van der Waals surface area contributed by atoms with Gasteiger partial charge in [0.25, 0.3) is 0 Å². The molecule has 1 saturated carbocycles. The van der Waals surface area contributed by atoms with Gasteiger partial charge in [-0.05, 0) is 31.7 Å². The number of piperazine rings is 1. The molecule has 2 fully saturated rings. The number of hydrogen-bond donors (Lipinski definition) is 1. The van der Waals surface area contributed by atoms with E-state index in [1.165, 1.54) is 5.56 Å². The second kappa shape index (κ2) is 6.80. The van der Waals surface area contributed by atoms with Gasteiger partial charge in [0.2, 0.25) is 5.91 Å². The summed E-state index contributed by atoms with van der Waals surface area (Å²) in [6.07, 6.45) is 3.47. The molecule has 1 heterocycles. The molecule has 1 aromatic rings. The molecule has 1 aliphatic carbocycles. The van der Waals surface area contributed by atoms with Crippen LogP contribution in [-0.4, -0.2) is 59.1 Å². The Labute approximate surface area is 132 Å². The van der Waals surface area contributed by atoms with Crippen molar-refractivity contribution in [3.05, 3.63) is 35.4 Å². The molecule has 22 heavy (non-hydrogen) atoms. The van der Waals surface area contributed by atoms with E-state index in [0.717, 1.165) is 51.0 Å². The number of aliphatic hydroxyl groups excluding tert-OH is 1. The Kier molecular flexibility index (Phi) is 4.79. The zero-order valence-electron chi connectivity index (χ0n) is 13.4. The van der Waals surface area contributed by atoms with Gasteiger partial charge in [0, 0.05) is 32.2 Å². The number of rotatable bonds is 3. The number of carbonyl (C=O) groups is 1. The lowest BCUT2D eigenvalue weighted by Gasteiger charge is -2.39. The summed E-state index contributed by atoms with van der Waals surface area (Å²) in [5.41, 5.74) is 2.31. The Morgan fingerprint density at radius 2 is 1.82 bits per heavy atom. The molecule has 0 unspecified atom stereocenters. The fraction of sp³-hybridized carbons (Fsp3) is 0.611. The van der Waals surface area contributed by atoms with Gasteiger partial charge < -0.3 is 10.0 Å². The van der Waals surface area contributed by atoms with E-state index in [2.05, 4.69) is 24.0 Å². The molecule has 4 nitrogen and oxygen atoms in total. The van der Waals surface area contributed by atoms with Crippen LogP contribution < -0.4 is 0 Å². The van der Waals surface area contributed by atoms with Crippen LogP contribution >= 0.6 is 0 Å². The van der Waals surface area contributed by atoms with Crippen molar-refractivity contribution < 1.29 is 9.90 Å². The van der Waals surface area contributed by atoms with Gasteiger partial charge in [0.05, 0.1) is 12.5 Å². The highest BCUT2D eigenvalue weighted by atomic mass is 16.3. The van der Waals surface area contributed by atoms with Gasteiger partial charge >= 0.3 is 0 Å². The van der Waals surface area contributed by atoms with Crippen LogP contribution in [-0.2, 0) is 11.2 Å². The number of nitrogens with zero attached hydrogens (tertiary/aromatic N) is 2. The molecule has 0 spiro atoms. The highest BCUT2D eigenvalue weighted by molar-refractivity contribution is 5.78. The van der Waals surface area contributed by atoms with Crippen LogP contribution in [0.15, 0.2) is 24.3 Å². The van der Waals surface area contributed by atoms with Crippen LogP contribution in [0.5, 0.6) is 0 Å². The molecule has 0 bridgehead atoms. The van der Waals surface area contributed by atoms with Gasteiger partial charge in [0.15, 0.2) is 0 Å². The fourth-order valence-corrected chi connectivity index (χ4v) is 3.64. The minimum absolute atomic E-state index is 0.171. The van der Waals surface area contributed by atoms with Crippen molar-refractivity contribution in [2.75, 3.05) is 26.2 Å². The van der Waals surface area contributed by atoms with E-state index in [1.54, 1.807) is 0 Å². The Hall–Kier alpha value is -1.39. The van der Waals surface area contributed by atoms with Crippen LogP contribution in [0.3, 0.4) is 0 Å². The van der Waals surface area contributed by atoms with Crippen molar-refractivity contribution in [3.8, 4) is 0 Å². The van der Waals surface area contributed by atoms with Crippen LogP contribution in [0.4, 0.5) is 0 Å². The molecule has 3 rings (SSSR count). The summed E-state index contributed by atoms with van der Waals surface area (Å²) in [6, 6.07) is 8.51. The van der Waals surface area contributed by atoms with E-state index < -0.39 is 0 Å². The van der Waals surface area contributed by atoms with Crippen LogP contribution in [0.2, 0.25) is 0 Å². The summed E-state index contributed by atoms with van der Waals surface area (Å²) in [5, 5.41) is 10.0. The normalized spacial score (nSPS) is 26.4. The highest BCUT2D eigenvalue weighted by Crippen LogP contribution is 2.25. The van der Waals surface area contributed by atoms with Gasteiger partial charge in [-0.1, -0.05) is 29.8 Å². The van der Waals surface area contributed by atoms with E-state index >= 15 is 0 Å². The van der Waals surface area contributed by atoms with Gasteiger partial charge in [-0.25, -0.2) is 0 Å². The molecule has 0 aromatic heterocycles. The smallest absolute Gasteiger partial charge is 0.227 e. The lowest BCUT2D eigenvalue weighted by Crippen LogP contribution is -2.53. The standard InChI is InChI=1S/C18H26N2O2/c1-14-5-7-15(8-6-14)13-18(22)20-11-9-19(10-12-20)16-3-2-4-17(16)21/h5-8,16-17,21H,2-4,9-13H2,1H3/t16-,17+/m1/s1. The second-order valence-electron chi connectivity index (χ2n) is 6.64. The number of aliphatic hydroxyl groups is 1. The quantitative estimate of drug-likeness (QED) is 0.922. The number of aryl methyl sites for hydroxylation is 1. The van der Waals surface area contributed by atoms with E-state index in [-0.39, 0.29) is 12.0 Å². The average molecular weight is 302 g/mol. The minimum atomic E-state index is -0.171. The Morgan fingerprint density at radius 1 is 1.14 bits per heavy atom. The molecule has 2 aliphatic rings. The summed E-state index contributed by atoms with van der Waals surface area (Å²) in [4.78, 5) is 16.7. The maximum atomic E-state index is 12.4. The Balaban J connectivity index is 1.50. The minimum Gasteiger partial charge on any atom is -0.391 e. The van der Waals surface area contributed by atoms with E-state index in [1.807, 2.05) is 17.0 Å². The molecule has 120 valence electrons. The van der Waals surface area contributed by atoms with Gasteiger partial charge in [0.1, 0.15) is 0 Å². The van der Waals surface area contributed by atoms with Gasteiger partial charge in [-0.15, -0.1) is 0 Å². The largest absolute Gasteiger partial charge is 0.391 e. The van der Waals surface area contributed by atoms with E-state index in [4.69, 9.17) is 0 Å². The molecule has 1 amide bonds. The lowest BCUT2D eigenvalue weighted by molar-refractivity contribution is -0.132. The molecule has 1 aromatic carbocycles. The number of benzene rings is 1. The third-order valence-corrected chi connectivity index (χ3v) is 5.06. The maximum absolute atomic E-state index is 12.4. The molecule has 4 heteroatoms. The average Bonchev–Trinajstić information content (AvgIpc) is 2.96. The molecule has 0 radical (unpaired) electrons. The fourth-order valence-electron chi connectivity index (χ4n) is 3.64. The third kappa shape index (κ3) is 3.50. The first kappa shape index (κ1) is 15.5. The predicted octanol–water partition coefficient (Wildman–Crippen LogP) is 1.60. The molecular formula is C18H26N2O2. The number of hydrogen-bond acceptors (Lipinski definition) is 3. The first-order valence-electron chi connectivity index (χ1n) is 8.39. The van der Waals surface area contributed by atoms with E-state index in [0.29, 0.717) is 12.5 Å². The molecule has 1 N–H and O–H groups in total. The maximum Gasteiger partial charge on any atom is 0.227 e. The van der Waals surface area contributed by atoms with Gasteiger partial charge in [-0.2, -0.15) is 0 Å². The first-order chi connectivity index (χ1) is 10.6. The second-order valence-corrected chi connectivity index (χ2v) is 6.64. The molecular weight excluding hydrogens is 276 g/mol. The Bertz CT molecular complexity index is 506. The van der Waals surface area contributed by atoms with Crippen LogP contribution in [0, 0.1) is 6.92 Å². The molecule has 1 aliphatic heterocycles. The Morgan fingerprint density at radius 3 is 2.41 bits per heavy atom. The van der Waals surface area contributed by atoms with Crippen molar-refractivity contribution in [2.45, 2.75) is 44.8 Å². The summed E-state index contributed by atoms with van der Waals surface area (Å²) < 4.78 is 0. The van der Waals surface area contributed by atoms with Crippen LogP contribution in [0.25, 0.3) is 0 Å².